The molecule has 0 radical (unpaired) electrons. The molecule has 1 aliphatic heterocycles. The molecule has 0 amide bonds. The fraction of sp³-hybridized carbons (Fsp3) is 0.250. The number of ether oxygens (including phenoxy) is 2. The van der Waals surface area contributed by atoms with E-state index >= 15 is 0 Å². The first-order chi connectivity index (χ1) is 12.8. The minimum Gasteiger partial charge on any atom is -0.494 e. The molecule has 2 aromatic carbocycles. The molecule has 1 aromatic heterocycles. The van der Waals surface area contributed by atoms with Crippen LogP contribution in [0.4, 0.5) is 0 Å². The van der Waals surface area contributed by atoms with E-state index in [1.165, 1.54) is 17.3 Å². The normalized spacial score (nSPS) is 15.4. The van der Waals surface area contributed by atoms with Gasteiger partial charge in [-0.05, 0) is 36.4 Å². The number of benzene rings is 2. The maximum Gasteiger partial charge on any atom is 0.245 e. The van der Waals surface area contributed by atoms with E-state index < -0.39 is 0 Å². The van der Waals surface area contributed by atoms with E-state index in [1.54, 1.807) is 0 Å². The van der Waals surface area contributed by atoms with Crippen molar-refractivity contribution in [2.24, 2.45) is 0 Å². The Morgan fingerprint density at radius 1 is 1.12 bits per heavy atom. The van der Waals surface area contributed by atoms with Crippen LogP contribution in [-0.4, -0.2) is 28.0 Å². The highest BCUT2D eigenvalue weighted by atomic mass is 32.2. The highest BCUT2D eigenvalue weighted by Crippen LogP contribution is 2.38. The Kier molecular flexibility index (Phi) is 4.75. The minimum atomic E-state index is -0.139. The lowest BCUT2D eigenvalue weighted by molar-refractivity contribution is 0.198. The molecule has 3 aromatic rings. The van der Waals surface area contributed by atoms with Gasteiger partial charge in [-0.15, -0.1) is 10.2 Å². The van der Waals surface area contributed by atoms with Gasteiger partial charge in [-0.1, -0.05) is 48.2 Å². The molecule has 0 saturated carbocycles. The van der Waals surface area contributed by atoms with E-state index in [9.17, 15) is 0 Å². The first-order valence-electron chi connectivity index (χ1n) is 8.55. The van der Waals surface area contributed by atoms with Crippen molar-refractivity contribution in [2.75, 3.05) is 12.9 Å². The molecule has 0 saturated heterocycles. The molecule has 0 fully saturated rings. The molecule has 0 aliphatic carbocycles. The Labute approximate surface area is 156 Å². The molecule has 0 spiro atoms. The van der Waals surface area contributed by atoms with Crippen LogP contribution in [0.2, 0.25) is 0 Å². The third kappa shape index (κ3) is 3.24. The monoisotopic (exact) mass is 365 g/mol. The van der Waals surface area contributed by atoms with Crippen LogP contribution in [0.3, 0.4) is 0 Å². The zero-order valence-electron chi connectivity index (χ0n) is 14.7. The van der Waals surface area contributed by atoms with Crippen molar-refractivity contribution in [2.45, 2.75) is 24.6 Å². The lowest BCUT2D eigenvalue weighted by Crippen LogP contribution is -2.11. The molecule has 5 nitrogen and oxygen atoms in total. The zero-order chi connectivity index (χ0) is 17.9. The van der Waals surface area contributed by atoms with Crippen LogP contribution in [0.15, 0.2) is 53.7 Å². The molecule has 4 rings (SSSR count). The largest absolute Gasteiger partial charge is 0.494 e. The number of fused-ring (bicyclic) bond motifs is 3. The van der Waals surface area contributed by atoms with Crippen LogP contribution in [0.25, 0.3) is 11.3 Å². The maximum atomic E-state index is 6.30. The van der Waals surface area contributed by atoms with Gasteiger partial charge in [0.05, 0.1) is 6.61 Å². The van der Waals surface area contributed by atoms with E-state index in [2.05, 4.69) is 21.2 Å². The Balaban J connectivity index is 1.76. The van der Waals surface area contributed by atoms with Crippen LogP contribution >= 0.6 is 11.8 Å². The van der Waals surface area contributed by atoms with Gasteiger partial charge in [-0.25, -0.2) is 0 Å². The van der Waals surface area contributed by atoms with Crippen LogP contribution < -0.4 is 9.47 Å². The summed E-state index contributed by atoms with van der Waals surface area (Å²) in [6.07, 6.45) is 2.54. The highest BCUT2D eigenvalue weighted by molar-refractivity contribution is 7.98. The van der Waals surface area contributed by atoms with E-state index in [0.29, 0.717) is 23.3 Å². The summed E-state index contributed by atoms with van der Waals surface area (Å²) in [5.74, 6) is 1.40. The average molecular weight is 365 g/mol. The summed E-state index contributed by atoms with van der Waals surface area (Å²) in [5.41, 5.74) is 3.99. The van der Waals surface area contributed by atoms with E-state index in [0.717, 1.165) is 23.3 Å². The molecule has 0 N–H and O–H groups in total. The summed E-state index contributed by atoms with van der Waals surface area (Å²) < 4.78 is 11.8. The number of aromatic nitrogens is 3. The van der Waals surface area contributed by atoms with Crippen LogP contribution in [-0.2, 0) is 6.42 Å². The van der Waals surface area contributed by atoms with Gasteiger partial charge < -0.3 is 9.47 Å². The number of nitrogens with zero attached hydrogens (tertiary/aromatic N) is 3. The Morgan fingerprint density at radius 2 is 1.92 bits per heavy atom. The van der Waals surface area contributed by atoms with Gasteiger partial charge in [0.25, 0.3) is 0 Å². The molecule has 1 aliphatic rings. The second-order valence-corrected chi connectivity index (χ2v) is 6.70. The summed E-state index contributed by atoms with van der Waals surface area (Å²) in [6, 6.07) is 16.3. The van der Waals surface area contributed by atoms with Crippen LogP contribution in [0, 0.1) is 0 Å². The summed E-state index contributed by atoms with van der Waals surface area (Å²) in [7, 11) is 0. The smallest absolute Gasteiger partial charge is 0.245 e. The highest BCUT2D eigenvalue weighted by Gasteiger charge is 2.26. The maximum absolute atomic E-state index is 6.30. The summed E-state index contributed by atoms with van der Waals surface area (Å²) >= 11 is 1.45. The topological polar surface area (TPSA) is 57.1 Å². The zero-order valence-corrected chi connectivity index (χ0v) is 15.5. The van der Waals surface area contributed by atoms with Crippen LogP contribution in [0.1, 0.15) is 24.2 Å². The van der Waals surface area contributed by atoms with Crippen molar-refractivity contribution in [3.05, 3.63) is 59.7 Å². The second-order valence-electron chi connectivity index (χ2n) is 5.92. The predicted octanol–water partition coefficient (Wildman–Crippen LogP) is 4.34. The van der Waals surface area contributed by atoms with E-state index in [4.69, 9.17) is 9.47 Å². The molecule has 2 heterocycles. The lowest BCUT2D eigenvalue weighted by Gasteiger charge is -2.17. The predicted molar refractivity (Wildman–Crippen MR) is 102 cm³/mol. The number of thioether (sulfide) groups is 1. The Bertz CT molecular complexity index is 915. The standard InChI is InChI=1S/C20H19N3O2S/c1-3-24-15-10-8-13(9-11-15)17-12-14-6-4-5-7-16(14)18-19(25-17)21-20(26-2)23-22-18/h4-11,17H,3,12H2,1-2H3. The van der Waals surface area contributed by atoms with Crippen molar-refractivity contribution in [1.82, 2.24) is 15.2 Å². The third-order valence-corrected chi connectivity index (χ3v) is 4.85. The fourth-order valence-electron chi connectivity index (χ4n) is 3.07. The first kappa shape index (κ1) is 16.8. The van der Waals surface area contributed by atoms with Gasteiger partial charge in [0.2, 0.25) is 11.0 Å². The van der Waals surface area contributed by atoms with Gasteiger partial charge in [-0.3, -0.25) is 0 Å². The summed E-state index contributed by atoms with van der Waals surface area (Å²) in [5, 5.41) is 9.17. The van der Waals surface area contributed by atoms with Gasteiger partial charge in [0.15, 0.2) is 5.69 Å². The lowest BCUT2D eigenvalue weighted by atomic mass is 9.97. The van der Waals surface area contributed by atoms with Crippen molar-refractivity contribution in [1.29, 1.82) is 0 Å². The minimum absolute atomic E-state index is 0.139. The van der Waals surface area contributed by atoms with Crippen LogP contribution in [0.5, 0.6) is 11.6 Å². The van der Waals surface area contributed by atoms with Crippen molar-refractivity contribution >= 4 is 11.8 Å². The van der Waals surface area contributed by atoms with E-state index in [1.807, 2.05) is 55.6 Å². The fourth-order valence-corrected chi connectivity index (χ4v) is 3.37. The molecular weight excluding hydrogens is 346 g/mol. The summed E-state index contributed by atoms with van der Waals surface area (Å²) in [4.78, 5) is 4.56. The Hall–Kier alpha value is -2.60. The van der Waals surface area contributed by atoms with Gasteiger partial charge in [0.1, 0.15) is 11.9 Å². The molecular formula is C20H19N3O2S. The first-order valence-corrected chi connectivity index (χ1v) is 9.77. The molecule has 1 atom stereocenters. The van der Waals surface area contributed by atoms with Crippen molar-refractivity contribution in [3.63, 3.8) is 0 Å². The molecule has 132 valence electrons. The van der Waals surface area contributed by atoms with Gasteiger partial charge in [-0.2, -0.15) is 4.98 Å². The summed E-state index contributed by atoms with van der Waals surface area (Å²) in [6.45, 7) is 2.63. The second kappa shape index (κ2) is 7.33. The SMILES string of the molecule is CCOc1ccc(C2Cc3ccccc3-c3nnc(SC)nc3O2)cc1. The van der Waals surface area contributed by atoms with E-state index in [-0.39, 0.29) is 6.10 Å². The third-order valence-electron chi connectivity index (χ3n) is 4.31. The number of rotatable bonds is 4. The van der Waals surface area contributed by atoms with Gasteiger partial charge >= 0.3 is 0 Å². The van der Waals surface area contributed by atoms with Crippen molar-refractivity contribution in [3.8, 4) is 22.9 Å². The molecule has 0 bridgehead atoms. The number of hydrogen-bond donors (Lipinski definition) is 0. The quantitative estimate of drug-likeness (QED) is 0.641. The molecule has 6 heteroatoms. The average Bonchev–Trinajstić information content (AvgIpc) is 2.85. The molecule has 26 heavy (non-hydrogen) atoms. The van der Waals surface area contributed by atoms with Gasteiger partial charge in [0, 0.05) is 12.0 Å². The number of hydrogen-bond acceptors (Lipinski definition) is 6. The Morgan fingerprint density at radius 3 is 2.69 bits per heavy atom. The molecule has 1 unspecified atom stereocenters. The van der Waals surface area contributed by atoms with Crippen molar-refractivity contribution < 1.29 is 9.47 Å².